The molecule has 0 spiro atoms. The zero-order chi connectivity index (χ0) is 43.5. The van der Waals surface area contributed by atoms with Gasteiger partial charge in [-0.25, -0.2) is 28.6 Å². The van der Waals surface area contributed by atoms with Crippen LogP contribution in [-0.2, 0) is 55.4 Å². The smallest absolute Gasteiger partial charge is 0.386 e. The summed E-state index contributed by atoms with van der Waals surface area (Å²) in [5, 5.41) is 26.1. The molecule has 0 saturated carbocycles. The number of thioether (sulfide) groups is 1. The van der Waals surface area contributed by atoms with E-state index in [1.165, 1.54) is 13.8 Å². The highest BCUT2D eigenvalue weighted by Gasteiger charge is 2.50. The van der Waals surface area contributed by atoms with E-state index in [1.54, 1.807) is 0 Å². The number of phosphoric acid groups is 3. The number of nitrogens with one attached hydrogen (secondary N) is 2. The van der Waals surface area contributed by atoms with Crippen molar-refractivity contribution < 1.29 is 85.2 Å². The number of nitrogens with two attached hydrogens (primary N) is 3. The molecular weight excluding hydrogens is 863 g/mol. The van der Waals surface area contributed by atoms with Crippen LogP contribution < -0.4 is 27.8 Å². The van der Waals surface area contributed by atoms with Gasteiger partial charge in [0.05, 0.1) is 32.2 Å². The number of carbonyl (C=O) groups is 3. The van der Waals surface area contributed by atoms with Crippen molar-refractivity contribution in [3.63, 3.8) is 0 Å². The summed E-state index contributed by atoms with van der Waals surface area (Å²) in [4.78, 5) is 87.7. The molecule has 0 radical (unpaired) electrons. The van der Waals surface area contributed by atoms with E-state index in [4.69, 9.17) is 35.7 Å². The minimum absolute atomic E-state index is 0.0247. The number of amides is 2. The summed E-state index contributed by atoms with van der Waals surface area (Å²) in [5.41, 5.74) is 15.3. The van der Waals surface area contributed by atoms with E-state index < -0.39 is 90.6 Å². The summed E-state index contributed by atoms with van der Waals surface area (Å²) in [5.74, 6) is -1.29. The molecule has 1 saturated heterocycles. The maximum absolute atomic E-state index is 12.7. The zero-order valence-corrected chi connectivity index (χ0v) is 34.5. The lowest BCUT2D eigenvalue weighted by Crippen LogP contribution is -2.46. The lowest BCUT2D eigenvalue weighted by Gasteiger charge is -2.30. The largest absolute Gasteiger partial charge is 0.481 e. The standard InChI is InChI=1S/C27H48N9O18P3S/c1-27(2,21(39)24(40)32-6-3-17(37)31-7-10-58-26(41)15(29)4-8-49-9-5-28)12-51-57(47,48)54-56(45,46)50-11-16-20(53-55(42,43)44)19(38)25(52-16)36-14-35-18-22(30)33-13-34-23(18)36/h13-16,19-21,25,38-39H,3-12,28-29H2,1-2H3,(H,31,37)(H,32,40)(H,45,46)(H,47,48)(H2,30,33,34)(H2,42,43,44). The predicted octanol–water partition coefficient (Wildman–Crippen LogP) is -2.64. The van der Waals surface area contributed by atoms with E-state index in [-0.39, 0.29) is 54.0 Å². The molecule has 1 fully saturated rings. The monoisotopic (exact) mass is 911 g/mol. The van der Waals surface area contributed by atoms with Crippen molar-refractivity contribution in [2.24, 2.45) is 16.9 Å². The normalized spacial score (nSPS) is 21.9. The van der Waals surface area contributed by atoms with Crippen molar-refractivity contribution in [1.29, 1.82) is 0 Å². The number of phosphoric ester groups is 3. The summed E-state index contributed by atoms with van der Waals surface area (Å²) in [6.07, 6.45) is -6.70. The summed E-state index contributed by atoms with van der Waals surface area (Å²) in [6, 6.07) is -0.740. The maximum atomic E-state index is 12.7. The van der Waals surface area contributed by atoms with Gasteiger partial charge in [-0.1, -0.05) is 25.6 Å². The van der Waals surface area contributed by atoms with Crippen LogP contribution in [0.3, 0.4) is 0 Å². The molecule has 2 aromatic rings. The van der Waals surface area contributed by atoms with Crippen LogP contribution in [0.15, 0.2) is 12.7 Å². The number of hydrogen-bond donors (Lipinski definition) is 11. The molecule has 8 atom stereocenters. The van der Waals surface area contributed by atoms with Crippen molar-refractivity contribution in [3.8, 4) is 0 Å². The predicted molar refractivity (Wildman–Crippen MR) is 200 cm³/mol. The third-order valence-electron chi connectivity index (χ3n) is 7.88. The van der Waals surface area contributed by atoms with E-state index in [9.17, 15) is 57.9 Å². The van der Waals surface area contributed by atoms with Gasteiger partial charge in [0, 0.05) is 43.8 Å². The summed E-state index contributed by atoms with van der Waals surface area (Å²) in [6.45, 7) is 1.32. The van der Waals surface area contributed by atoms with Crippen LogP contribution in [0, 0.1) is 5.41 Å². The molecule has 1 aliphatic heterocycles. The van der Waals surface area contributed by atoms with Gasteiger partial charge in [0.1, 0.15) is 36.3 Å². The summed E-state index contributed by atoms with van der Waals surface area (Å²) >= 11 is 0.937. The Balaban J connectivity index is 1.45. The van der Waals surface area contributed by atoms with Crippen molar-refractivity contribution in [2.45, 2.75) is 63.4 Å². The first-order valence-electron chi connectivity index (χ1n) is 17.1. The average Bonchev–Trinajstić information content (AvgIpc) is 3.69. The number of anilines is 1. The number of hydrogen-bond acceptors (Lipinski definition) is 21. The molecule has 31 heteroatoms. The molecule has 1 aliphatic rings. The molecule has 2 aromatic heterocycles. The second kappa shape index (κ2) is 21.8. The topological polar surface area (TPSA) is 425 Å². The van der Waals surface area contributed by atoms with Gasteiger partial charge in [-0.3, -0.25) is 32.5 Å². The lowest BCUT2D eigenvalue weighted by atomic mass is 9.87. The third kappa shape index (κ3) is 15.5. The minimum Gasteiger partial charge on any atom is -0.386 e. The number of rotatable bonds is 25. The van der Waals surface area contributed by atoms with Crippen LogP contribution in [0.25, 0.3) is 11.2 Å². The second-order valence-electron chi connectivity index (χ2n) is 13.0. The van der Waals surface area contributed by atoms with Crippen molar-refractivity contribution in [3.05, 3.63) is 12.7 Å². The summed E-state index contributed by atoms with van der Waals surface area (Å²) in [7, 11) is -16.4. The van der Waals surface area contributed by atoms with Gasteiger partial charge >= 0.3 is 23.5 Å². The molecule has 0 aliphatic carbocycles. The van der Waals surface area contributed by atoms with Gasteiger partial charge in [0.15, 0.2) is 17.7 Å². The molecular formula is C27H48N9O18P3S. The van der Waals surface area contributed by atoms with Gasteiger partial charge < -0.3 is 67.1 Å². The number of aromatic nitrogens is 4. The Kier molecular flexibility index (Phi) is 18.7. The van der Waals surface area contributed by atoms with E-state index in [2.05, 4.69) is 34.4 Å². The fourth-order valence-electron chi connectivity index (χ4n) is 4.90. The average molecular weight is 912 g/mol. The Bertz CT molecular complexity index is 1860. The Morgan fingerprint density at radius 3 is 2.41 bits per heavy atom. The Morgan fingerprint density at radius 2 is 1.74 bits per heavy atom. The summed E-state index contributed by atoms with van der Waals surface area (Å²) < 4.78 is 67.3. The number of fused-ring (bicyclic) bond motifs is 1. The van der Waals surface area contributed by atoms with Gasteiger partial charge in [0.2, 0.25) is 16.9 Å². The number of nitrogen functional groups attached to an aromatic ring is 1. The van der Waals surface area contributed by atoms with Gasteiger partial charge in [-0.15, -0.1) is 0 Å². The Labute approximate surface area is 334 Å². The van der Waals surface area contributed by atoms with Crippen molar-refractivity contribution >= 4 is 69.1 Å². The second-order valence-corrected chi connectivity index (χ2v) is 18.4. The van der Waals surface area contributed by atoms with Crippen LogP contribution in [0.5, 0.6) is 0 Å². The number of aliphatic hydroxyl groups is 2. The van der Waals surface area contributed by atoms with E-state index in [0.29, 0.717) is 19.6 Å². The molecule has 2 amide bonds. The number of carbonyl (C=O) groups excluding carboxylic acids is 3. The highest BCUT2D eigenvalue weighted by atomic mass is 32.2. The van der Waals surface area contributed by atoms with Crippen molar-refractivity contribution in [2.75, 3.05) is 57.5 Å². The van der Waals surface area contributed by atoms with Crippen molar-refractivity contribution in [1.82, 2.24) is 30.2 Å². The van der Waals surface area contributed by atoms with Gasteiger partial charge in [0.25, 0.3) is 0 Å². The van der Waals surface area contributed by atoms with Crippen LogP contribution in [0.4, 0.5) is 5.82 Å². The fourth-order valence-corrected chi connectivity index (χ4v) is 8.47. The Hall–Kier alpha value is -2.56. The quantitative estimate of drug-likeness (QED) is 0.0358. The first kappa shape index (κ1) is 49.8. The number of ether oxygens (including phenoxy) is 2. The molecule has 0 aromatic carbocycles. The molecule has 58 heavy (non-hydrogen) atoms. The van der Waals surface area contributed by atoms with Gasteiger partial charge in [-0.2, -0.15) is 4.31 Å². The van der Waals surface area contributed by atoms with Crippen LogP contribution in [0.1, 0.15) is 32.9 Å². The molecule has 330 valence electrons. The maximum Gasteiger partial charge on any atom is 0.481 e. The molecule has 8 unspecified atom stereocenters. The van der Waals surface area contributed by atoms with Crippen LogP contribution >= 0.6 is 35.2 Å². The lowest BCUT2D eigenvalue weighted by molar-refractivity contribution is -0.137. The molecule has 0 bridgehead atoms. The Morgan fingerprint density at radius 1 is 1.05 bits per heavy atom. The molecule has 14 N–H and O–H groups in total. The zero-order valence-electron chi connectivity index (χ0n) is 31.0. The number of imidazole rings is 1. The minimum atomic E-state index is -5.58. The van der Waals surface area contributed by atoms with Crippen LogP contribution in [0.2, 0.25) is 0 Å². The third-order valence-corrected chi connectivity index (χ3v) is 12.0. The first-order valence-corrected chi connectivity index (χ1v) is 22.6. The molecule has 3 rings (SSSR count). The molecule has 27 nitrogen and oxygen atoms in total. The molecule has 3 heterocycles. The fraction of sp³-hybridized carbons (Fsp3) is 0.704. The van der Waals surface area contributed by atoms with Crippen LogP contribution in [-0.4, -0.2) is 149 Å². The highest BCUT2D eigenvalue weighted by Crippen LogP contribution is 2.61. The van der Waals surface area contributed by atoms with Gasteiger partial charge in [-0.05, 0) is 6.42 Å². The first-order chi connectivity index (χ1) is 27.0. The number of aliphatic hydroxyl groups excluding tert-OH is 2. The highest BCUT2D eigenvalue weighted by molar-refractivity contribution is 8.13. The van der Waals surface area contributed by atoms with E-state index in [1.807, 2.05) is 0 Å². The SMILES string of the molecule is CC(C)(COP(=O)(O)OP(=O)(O)OCC1OC(n2cnc3c(N)ncnc32)C(O)C1OP(=O)(O)O)C(O)C(=O)NCCC(=O)NCCSC(=O)C(N)CCOCCN. The number of nitrogens with zero attached hydrogens (tertiary/aromatic N) is 4. The van der Waals surface area contributed by atoms with E-state index >= 15 is 0 Å². The van der Waals surface area contributed by atoms with E-state index in [0.717, 1.165) is 29.0 Å².